The van der Waals surface area contributed by atoms with Crippen molar-refractivity contribution in [3.05, 3.63) is 35.4 Å². The topological polar surface area (TPSA) is 21.3 Å². The predicted octanol–water partition coefficient (Wildman–Crippen LogP) is 6.07. The zero-order chi connectivity index (χ0) is 18.8. The zero-order valence-electron chi connectivity index (χ0n) is 17.6. The summed E-state index contributed by atoms with van der Waals surface area (Å²) in [5, 5.41) is 3.97. The van der Waals surface area contributed by atoms with Crippen LogP contribution in [0.4, 0.5) is 0 Å². The highest BCUT2D eigenvalue weighted by molar-refractivity contribution is 5.32. The van der Waals surface area contributed by atoms with E-state index in [9.17, 15) is 0 Å². The Bertz CT molecular complexity index is 537. The largest absolute Gasteiger partial charge is 0.381 e. The quantitative estimate of drug-likeness (QED) is 0.450. The number of hydrogen-bond donors (Lipinski definition) is 1. The van der Waals surface area contributed by atoms with Crippen molar-refractivity contribution in [3.63, 3.8) is 0 Å². The van der Waals surface area contributed by atoms with Gasteiger partial charge in [0.05, 0.1) is 0 Å². The molecule has 2 aliphatic carbocycles. The highest BCUT2D eigenvalue weighted by atomic mass is 16.5. The van der Waals surface area contributed by atoms with Gasteiger partial charge in [-0.1, -0.05) is 69.7 Å². The second kappa shape index (κ2) is 11.2. The molecule has 0 aromatic heterocycles. The maximum Gasteiger partial charge on any atom is 0.0483 e. The third-order valence-corrected chi connectivity index (χ3v) is 6.90. The van der Waals surface area contributed by atoms with Crippen molar-refractivity contribution in [2.45, 2.75) is 95.9 Å². The van der Waals surface area contributed by atoms with Crippen LogP contribution in [0.2, 0.25) is 0 Å². The molecule has 1 unspecified atom stereocenters. The standard InChI is InChI=1S/C25H41NO/c1-2-3-8-18-26-25(16-15-23-13-6-7-14-24(23)21-25)17-20-27-19-9-12-22-10-4-5-11-22/h6-7,13-14,22,26H,2-5,8-12,15-21H2,1H3. The number of unbranched alkanes of at least 4 members (excludes halogenated alkanes) is 2. The molecule has 27 heavy (non-hydrogen) atoms. The normalized spacial score (nSPS) is 22.9. The van der Waals surface area contributed by atoms with Crippen LogP contribution in [0.25, 0.3) is 0 Å². The van der Waals surface area contributed by atoms with Gasteiger partial charge in [0.25, 0.3) is 0 Å². The zero-order valence-corrected chi connectivity index (χ0v) is 17.6. The third-order valence-electron chi connectivity index (χ3n) is 6.90. The predicted molar refractivity (Wildman–Crippen MR) is 115 cm³/mol. The molecule has 0 bridgehead atoms. The van der Waals surface area contributed by atoms with Crippen LogP contribution in [0, 0.1) is 5.92 Å². The van der Waals surface area contributed by atoms with E-state index < -0.39 is 0 Å². The molecule has 0 aliphatic heterocycles. The highest BCUT2D eigenvalue weighted by Gasteiger charge is 2.33. The second-order valence-electron chi connectivity index (χ2n) is 9.01. The Morgan fingerprint density at radius 3 is 2.67 bits per heavy atom. The molecule has 0 saturated heterocycles. The summed E-state index contributed by atoms with van der Waals surface area (Å²) in [4.78, 5) is 0. The molecule has 0 spiro atoms. The molecule has 2 nitrogen and oxygen atoms in total. The number of ether oxygens (including phenoxy) is 1. The minimum atomic E-state index is 0.244. The van der Waals surface area contributed by atoms with Crippen LogP contribution in [0.1, 0.15) is 88.7 Å². The summed E-state index contributed by atoms with van der Waals surface area (Å²) in [5.74, 6) is 0.995. The van der Waals surface area contributed by atoms with E-state index in [4.69, 9.17) is 4.74 Å². The Kier molecular flexibility index (Phi) is 8.67. The molecule has 0 radical (unpaired) electrons. The summed E-state index contributed by atoms with van der Waals surface area (Å²) in [7, 11) is 0. The maximum atomic E-state index is 6.10. The number of benzene rings is 1. The Hall–Kier alpha value is -0.860. The van der Waals surface area contributed by atoms with Crippen LogP contribution in [0.5, 0.6) is 0 Å². The van der Waals surface area contributed by atoms with Crippen molar-refractivity contribution in [1.29, 1.82) is 0 Å². The van der Waals surface area contributed by atoms with Gasteiger partial charge < -0.3 is 10.1 Å². The van der Waals surface area contributed by atoms with E-state index >= 15 is 0 Å². The fourth-order valence-electron chi connectivity index (χ4n) is 5.12. The van der Waals surface area contributed by atoms with Crippen molar-refractivity contribution >= 4 is 0 Å². The van der Waals surface area contributed by atoms with Crippen molar-refractivity contribution in [3.8, 4) is 0 Å². The molecular weight excluding hydrogens is 330 g/mol. The first-order chi connectivity index (χ1) is 13.3. The summed E-state index contributed by atoms with van der Waals surface area (Å²) in [6.07, 6.45) is 17.2. The minimum Gasteiger partial charge on any atom is -0.381 e. The van der Waals surface area contributed by atoms with E-state index in [1.807, 2.05) is 0 Å². The average molecular weight is 372 g/mol. The van der Waals surface area contributed by atoms with Crippen LogP contribution in [-0.4, -0.2) is 25.3 Å². The van der Waals surface area contributed by atoms with E-state index in [1.54, 1.807) is 11.1 Å². The lowest BCUT2D eigenvalue weighted by molar-refractivity contribution is 0.0960. The SMILES string of the molecule is CCCCCNC1(CCOCCCC2CCCC2)CCc2ccccc2C1. The Balaban J connectivity index is 1.44. The molecule has 0 heterocycles. The van der Waals surface area contributed by atoms with Crippen LogP contribution >= 0.6 is 0 Å². The number of hydrogen-bond acceptors (Lipinski definition) is 2. The molecule has 2 aliphatic rings. The molecule has 1 atom stereocenters. The van der Waals surface area contributed by atoms with Crippen molar-refractivity contribution in [1.82, 2.24) is 5.32 Å². The summed E-state index contributed by atoms with van der Waals surface area (Å²) in [6, 6.07) is 9.04. The molecule has 3 rings (SSSR count). The third kappa shape index (κ3) is 6.61. The fourth-order valence-corrected chi connectivity index (χ4v) is 5.12. The second-order valence-corrected chi connectivity index (χ2v) is 9.01. The molecule has 0 amide bonds. The summed E-state index contributed by atoms with van der Waals surface area (Å²) >= 11 is 0. The van der Waals surface area contributed by atoms with Crippen LogP contribution in [0.15, 0.2) is 24.3 Å². The highest BCUT2D eigenvalue weighted by Crippen LogP contribution is 2.32. The molecule has 1 aromatic rings. The van der Waals surface area contributed by atoms with Gasteiger partial charge in [0, 0.05) is 18.8 Å². The molecule has 1 fully saturated rings. The number of nitrogens with one attached hydrogen (secondary N) is 1. The average Bonchev–Trinajstić information content (AvgIpc) is 3.21. The number of aryl methyl sites for hydroxylation is 1. The molecule has 2 heteroatoms. The van der Waals surface area contributed by atoms with Gasteiger partial charge in [0.15, 0.2) is 0 Å². The van der Waals surface area contributed by atoms with E-state index in [1.165, 1.54) is 77.0 Å². The van der Waals surface area contributed by atoms with Gasteiger partial charge >= 0.3 is 0 Å². The molecular formula is C25H41NO. The van der Waals surface area contributed by atoms with Gasteiger partial charge in [-0.25, -0.2) is 0 Å². The summed E-state index contributed by atoms with van der Waals surface area (Å²) < 4.78 is 6.10. The van der Waals surface area contributed by atoms with Gasteiger partial charge in [0.1, 0.15) is 0 Å². The molecule has 1 N–H and O–H groups in total. The van der Waals surface area contributed by atoms with Crippen LogP contribution in [-0.2, 0) is 17.6 Å². The first-order valence-corrected chi connectivity index (χ1v) is 11.7. The fraction of sp³-hybridized carbons (Fsp3) is 0.760. The first-order valence-electron chi connectivity index (χ1n) is 11.7. The van der Waals surface area contributed by atoms with E-state index in [-0.39, 0.29) is 5.54 Å². The number of fused-ring (bicyclic) bond motifs is 1. The van der Waals surface area contributed by atoms with Crippen molar-refractivity contribution < 1.29 is 4.74 Å². The monoisotopic (exact) mass is 371 g/mol. The van der Waals surface area contributed by atoms with E-state index in [0.717, 1.165) is 32.1 Å². The van der Waals surface area contributed by atoms with Gasteiger partial charge in [-0.3, -0.25) is 0 Å². The van der Waals surface area contributed by atoms with Gasteiger partial charge in [-0.05, 0) is 68.5 Å². The summed E-state index contributed by atoms with van der Waals surface area (Å²) in [6.45, 7) is 5.30. The lowest BCUT2D eigenvalue weighted by Crippen LogP contribution is -2.50. The van der Waals surface area contributed by atoms with Crippen LogP contribution < -0.4 is 5.32 Å². The van der Waals surface area contributed by atoms with Crippen molar-refractivity contribution in [2.24, 2.45) is 5.92 Å². The number of rotatable bonds is 12. The molecule has 1 aromatic carbocycles. The van der Waals surface area contributed by atoms with Crippen molar-refractivity contribution in [2.75, 3.05) is 19.8 Å². The first kappa shape index (κ1) is 20.9. The van der Waals surface area contributed by atoms with Gasteiger partial charge in [-0.2, -0.15) is 0 Å². The maximum absolute atomic E-state index is 6.10. The van der Waals surface area contributed by atoms with Gasteiger partial charge in [0.2, 0.25) is 0 Å². The van der Waals surface area contributed by atoms with E-state index in [2.05, 4.69) is 36.5 Å². The Labute approximate surface area is 167 Å². The Morgan fingerprint density at radius 2 is 1.85 bits per heavy atom. The van der Waals surface area contributed by atoms with Crippen LogP contribution in [0.3, 0.4) is 0 Å². The van der Waals surface area contributed by atoms with Gasteiger partial charge in [-0.15, -0.1) is 0 Å². The smallest absolute Gasteiger partial charge is 0.0483 e. The molecule has 152 valence electrons. The molecule has 1 saturated carbocycles. The minimum absolute atomic E-state index is 0.244. The lowest BCUT2D eigenvalue weighted by atomic mass is 9.76. The lowest BCUT2D eigenvalue weighted by Gasteiger charge is -2.39. The van der Waals surface area contributed by atoms with E-state index in [0.29, 0.717) is 0 Å². The Morgan fingerprint density at radius 1 is 1.04 bits per heavy atom. The summed E-state index contributed by atoms with van der Waals surface area (Å²) in [5.41, 5.74) is 3.35.